The van der Waals surface area contributed by atoms with Gasteiger partial charge in [-0.3, -0.25) is 4.79 Å². The van der Waals surface area contributed by atoms with Crippen molar-refractivity contribution < 1.29 is 23.8 Å². The minimum absolute atomic E-state index is 0.0299. The van der Waals surface area contributed by atoms with Gasteiger partial charge in [-0.25, -0.2) is 4.79 Å². The predicted molar refractivity (Wildman–Crippen MR) is 90.1 cm³/mol. The maximum Gasteiger partial charge on any atom is 0.337 e. The lowest BCUT2D eigenvalue weighted by Gasteiger charge is -2.11. The molecule has 0 radical (unpaired) electrons. The number of esters is 2. The van der Waals surface area contributed by atoms with Gasteiger partial charge in [0, 0.05) is 10.0 Å². The summed E-state index contributed by atoms with van der Waals surface area (Å²) >= 11 is 11.9. The van der Waals surface area contributed by atoms with Crippen molar-refractivity contribution in [1.29, 1.82) is 0 Å². The molecule has 0 aliphatic rings. The monoisotopic (exact) mass is 368 g/mol. The Bertz CT molecular complexity index is 774. The van der Waals surface area contributed by atoms with Gasteiger partial charge in [0.05, 0.1) is 26.2 Å². The molecule has 0 amide bonds. The molecule has 0 saturated heterocycles. The molecule has 0 fully saturated rings. The molecular weight excluding hydrogens is 355 g/mol. The van der Waals surface area contributed by atoms with Crippen molar-refractivity contribution in [2.45, 2.75) is 6.42 Å². The van der Waals surface area contributed by atoms with E-state index in [0.29, 0.717) is 15.6 Å². The Morgan fingerprint density at radius 1 is 1.00 bits per heavy atom. The second-order valence-corrected chi connectivity index (χ2v) is 5.59. The van der Waals surface area contributed by atoms with E-state index in [-0.39, 0.29) is 23.5 Å². The molecule has 0 aliphatic carbocycles. The Labute approximate surface area is 149 Å². The molecule has 0 atom stereocenters. The number of hydrogen-bond donors (Lipinski definition) is 0. The third kappa shape index (κ3) is 4.40. The molecule has 2 aromatic rings. The molecule has 0 aliphatic heterocycles. The Balaban J connectivity index is 2.15. The highest BCUT2D eigenvalue weighted by Crippen LogP contribution is 2.29. The summed E-state index contributed by atoms with van der Waals surface area (Å²) in [5.74, 6) is -0.601. The lowest BCUT2D eigenvalue weighted by atomic mass is 10.1. The Hall–Kier alpha value is -2.24. The first kappa shape index (κ1) is 18.1. The smallest absolute Gasteiger partial charge is 0.337 e. The van der Waals surface area contributed by atoms with Crippen LogP contribution in [0.25, 0.3) is 0 Å². The molecule has 5 nitrogen and oxygen atoms in total. The predicted octanol–water partition coefficient (Wildman–Crippen LogP) is 3.94. The maximum atomic E-state index is 12.1. The van der Waals surface area contributed by atoms with E-state index in [1.807, 2.05) is 0 Å². The molecule has 7 heteroatoms. The summed E-state index contributed by atoms with van der Waals surface area (Å²) in [5.41, 5.74) is 0.881. The average molecular weight is 369 g/mol. The van der Waals surface area contributed by atoms with Crippen LogP contribution in [0.4, 0.5) is 0 Å². The topological polar surface area (TPSA) is 61.8 Å². The van der Waals surface area contributed by atoms with Gasteiger partial charge in [0.25, 0.3) is 0 Å². The van der Waals surface area contributed by atoms with Crippen LogP contribution in [-0.4, -0.2) is 26.2 Å². The van der Waals surface area contributed by atoms with Gasteiger partial charge in [-0.15, -0.1) is 0 Å². The molecule has 24 heavy (non-hydrogen) atoms. The van der Waals surface area contributed by atoms with Crippen molar-refractivity contribution in [2.75, 3.05) is 14.2 Å². The summed E-state index contributed by atoms with van der Waals surface area (Å²) in [7, 11) is 2.68. The van der Waals surface area contributed by atoms with E-state index in [1.54, 1.807) is 18.2 Å². The molecule has 0 heterocycles. The summed E-state index contributed by atoms with van der Waals surface area (Å²) in [5, 5.41) is 0.865. The summed E-state index contributed by atoms with van der Waals surface area (Å²) in [6.07, 6.45) is -0.0299. The lowest BCUT2D eigenvalue weighted by molar-refractivity contribution is -0.133. The number of ether oxygens (including phenoxy) is 3. The van der Waals surface area contributed by atoms with E-state index in [9.17, 15) is 9.59 Å². The molecule has 0 bridgehead atoms. The van der Waals surface area contributed by atoms with E-state index in [2.05, 4.69) is 4.74 Å². The van der Waals surface area contributed by atoms with Crippen molar-refractivity contribution in [3.63, 3.8) is 0 Å². The highest BCUT2D eigenvalue weighted by atomic mass is 35.5. The number of carbonyl (C=O) groups excluding carboxylic acids is 2. The first-order chi connectivity index (χ1) is 11.4. The molecule has 0 unspecified atom stereocenters. The molecule has 2 aromatic carbocycles. The van der Waals surface area contributed by atoms with Crippen LogP contribution in [0, 0.1) is 0 Å². The number of rotatable bonds is 5. The van der Waals surface area contributed by atoms with E-state index in [0.717, 1.165) is 0 Å². The zero-order valence-corrected chi connectivity index (χ0v) is 14.5. The van der Waals surface area contributed by atoms with E-state index < -0.39 is 11.9 Å². The average Bonchev–Trinajstić information content (AvgIpc) is 2.57. The van der Waals surface area contributed by atoms with Crippen LogP contribution in [0.3, 0.4) is 0 Å². The van der Waals surface area contributed by atoms with Gasteiger partial charge in [-0.05, 0) is 35.9 Å². The second kappa shape index (κ2) is 8.04. The van der Waals surface area contributed by atoms with Crippen molar-refractivity contribution in [1.82, 2.24) is 0 Å². The summed E-state index contributed by atoms with van der Waals surface area (Å²) < 4.78 is 15.1. The van der Waals surface area contributed by atoms with Crippen LogP contribution in [-0.2, 0) is 16.0 Å². The van der Waals surface area contributed by atoms with Gasteiger partial charge in [-0.2, -0.15) is 0 Å². The van der Waals surface area contributed by atoms with Gasteiger partial charge >= 0.3 is 11.9 Å². The van der Waals surface area contributed by atoms with Gasteiger partial charge in [0.1, 0.15) is 0 Å². The van der Waals surface area contributed by atoms with Gasteiger partial charge in [-0.1, -0.05) is 29.3 Å². The zero-order valence-electron chi connectivity index (χ0n) is 13.0. The largest absolute Gasteiger partial charge is 0.493 e. The zero-order chi connectivity index (χ0) is 17.7. The maximum absolute atomic E-state index is 12.1. The molecular formula is C17H14Cl2O5. The fourth-order valence-electron chi connectivity index (χ4n) is 1.98. The Morgan fingerprint density at radius 3 is 2.38 bits per heavy atom. The summed E-state index contributed by atoms with van der Waals surface area (Å²) in [6, 6.07) is 9.23. The second-order valence-electron chi connectivity index (χ2n) is 4.74. The van der Waals surface area contributed by atoms with Crippen molar-refractivity contribution in [3.05, 3.63) is 57.6 Å². The highest BCUT2D eigenvalue weighted by Gasteiger charge is 2.15. The van der Waals surface area contributed by atoms with E-state index in [4.69, 9.17) is 32.7 Å². The minimum Gasteiger partial charge on any atom is -0.493 e. The Morgan fingerprint density at radius 2 is 1.75 bits per heavy atom. The highest BCUT2D eigenvalue weighted by molar-refractivity contribution is 6.35. The molecule has 126 valence electrons. The fraction of sp³-hybridized carbons (Fsp3) is 0.176. The van der Waals surface area contributed by atoms with Crippen molar-refractivity contribution in [3.8, 4) is 11.5 Å². The SMILES string of the molecule is COC(=O)c1ccc(OC(=O)Cc2ccc(Cl)cc2Cl)c(OC)c1. The van der Waals surface area contributed by atoms with E-state index in [1.165, 1.54) is 32.4 Å². The molecule has 0 saturated carbocycles. The molecule has 0 aromatic heterocycles. The number of halogens is 2. The number of methoxy groups -OCH3 is 2. The number of hydrogen-bond acceptors (Lipinski definition) is 5. The first-order valence-electron chi connectivity index (χ1n) is 6.85. The molecule has 0 N–H and O–H groups in total. The van der Waals surface area contributed by atoms with Crippen LogP contribution in [0.15, 0.2) is 36.4 Å². The standard InChI is InChI=1S/C17H14Cl2O5/c1-22-15-7-11(17(21)23-2)4-6-14(15)24-16(20)8-10-3-5-12(18)9-13(10)19/h3-7,9H,8H2,1-2H3. The normalized spacial score (nSPS) is 10.2. The molecule has 2 rings (SSSR count). The number of carbonyl (C=O) groups is 2. The number of benzene rings is 2. The quantitative estimate of drug-likeness (QED) is 0.590. The van der Waals surface area contributed by atoms with Gasteiger partial charge in [0.2, 0.25) is 0 Å². The van der Waals surface area contributed by atoms with Crippen LogP contribution in [0.1, 0.15) is 15.9 Å². The Kier molecular flexibility index (Phi) is 6.06. The third-order valence-corrected chi connectivity index (χ3v) is 3.75. The van der Waals surface area contributed by atoms with Crippen LogP contribution >= 0.6 is 23.2 Å². The minimum atomic E-state index is -0.525. The van der Waals surface area contributed by atoms with E-state index >= 15 is 0 Å². The molecule has 0 spiro atoms. The van der Waals surface area contributed by atoms with Crippen LogP contribution in [0.5, 0.6) is 11.5 Å². The van der Waals surface area contributed by atoms with Crippen molar-refractivity contribution in [2.24, 2.45) is 0 Å². The lowest BCUT2D eigenvalue weighted by Crippen LogP contribution is -2.12. The van der Waals surface area contributed by atoms with Crippen LogP contribution in [0.2, 0.25) is 10.0 Å². The summed E-state index contributed by atoms with van der Waals surface area (Å²) in [6.45, 7) is 0. The first-order valence-corrected chi connectivity index (χ1v) is 7.61. The van der Waals surface area contributed by atoms with Gasteiger partial charge in [0.15, 0.2) is 11.5 Å². The van der Waals surface area contributed by atoms with Crippen molar-refractivity contribution >= 4 is 35.1 Å². The third-order valence-electron chi connectivity index (χ3n) is 3.16. The van der Waals surface area contributed by atoms with Gasteiger partial charge < -0.3 is 14.2 Å². The van der Waals surface area contributed by atoms with Crippen LogP contribution < -0.4 is 9.47 Å². The fourth-order valence-corrected chi connectivity index (χ4v) is 2.45. The summed E-state index contributed by atoms with van der Waals surface area (Å²) in [4.78, 5) is 23.6.